The fraction of sp³-hybridized carbons (Fsp3) is 0.250. The number of carbonyl (C=O) groups is 1. The van der Waals surface area contributed by atoms with Gasteiger partial charge in [-0.05, 0) is 18.2 Å². The number of aryl methyl sites for hydroxylation is 1. The lowest BCUT2D eigenvalue weighted by Crippen LogP contribution is -2.09. The van der Waals surface area contributed by atoms with E-state index in [4.69, 9.17) is 16.3 Å². The summed E-state index contributed by atoms with van der Waals surface area (Å²) < 4.78 is 6.89. The van der Waals surface area contributed by atoms with Gasteiger partial charge in [0.15, 0.2) is 0 Å². The van der Waals surface area contributed by atoms with Crippen LogP contribution in [0.3, 0.4) is 0 Å². The van der Waals surface area contributed by atoms with Crippen LogP contribution in [-0.2, 0) is 11.3 Å². The van der Waals surface area contributed by atoms with Crippen molar-refractivity contribution in [3.63, 3.8) is 0 Å². The third-order valence-electron chi connectivity index (χ3n) is 2.30. The summed E-state index contributed by atoms with van der Waals surface area (Å²) in [5.74, 6) is -0.450. The Labute approximate surface area is 109 Å². The van der Waals surface area contributed by atoms with Gasteiger partial charge < -0.3 is 4.74 Å². The van der Waals surface area contributed by atoms with Crippen molar-refractivity contribution < 1.29 is 9.53 Å². The van der Waals surface area contributed by atoms with E-state index in [0.29, 0.717) is 25.1 Å². The van der Waals surface area contributed by atoms with Crippen LogP contribution in [0.25, 0.3) is 0 Å². The lowest BCUT2D eigenvalue weighted by molar-refractivity contribution is 0.0494. The zero-order valence-electron chi connectivity index (χ0n) is 9.62. The third-order valence-corrected chi connectivity index (χ3v) is 2.60. The molecule has 18 heavy (non-hydrogen) atoms. The molecule has 94 valence electrons. The van der Waals surface area contributed by atoms with E-state index in [1.807, 2.05) is 12.3 Å². The Bertz CT molecular complexity index is 514. The minimum absolute atomic E-state index is 0.162. The third kappa shape index (κ3) is 3.30. The number of halogens is 1. The van der Waals surface area contributed by atoms with Crippen LogP contribution < -0.4 is 0 Å². The molecule has 0 aliphatic rings. The van der Waals surface area contributed by atoms with Crippen LogP contribution in [-0.4, -0.2) is 27.3 Å². The second kappa shape index (κ2) is 6.16. The first-order valence-electron chi connectivity index (χ1n) is 5.52. The summed E-state index contributed by atoms with van der Waals surface area (Å²) in [5.41, 5.74) is 0.290. The van der Waals surface area contributed by atoms with Gasteiger partial charge >= 0.3 is 5.97 Å². The molecule has 6 heteroatoms. The van der Waals surface area contributed by atoms with Crippen molar-refractivity contribution in [2.75, 3.05) is 6.61 Å². The predicted molar refractivity (Wildman–Crippen MR) is 66.4 cm³/mol. The van der Waals surface area contributed by atoms with Gasteiger partial charge in [-0.2, -0.15) is 5.10 Å². The van der Waals surface area contributed by atoms with Gasteiger partial charge in [-0.3, -0.25) is 4.68 Å². The van der Waals surface area contributed by atoms with E-state index in [2.05, 4.69) is 10.1 Å². The van der Waals surface area contributed by atoms with Gasteiger partial charge in [-0.1, -0.05) is 11.6 Å². The van der Waals surface area contributed by atoms with Crippen LogP contribution in [0, 0.1) is 0 Å². The van der Waals surface area contributed by atoms with E-state index in [1.54, 1.807) is 23.0 Å². The highest BCUT2D eigenvalue weighted by Gasteiger charge is 2.11. The normalized spacial score (nSPS) is 10.3. The number of hydrogen-bond donors (Lipinski definition) is 0. The van der Waals surface area contributed by atoms with Crippen LogP contribution in [0.1, 0.15) is 16.8 Å². The highest BCUT2D eigenvalue weighted by atomic mass is 35.5. The smallest absolute Gasteiger partial charge is 0.341 e. The molecule has 0 aromatic carbocycles. The van der Waals surface area contributed by atoms with Crippen LogP contribution in [0.4, 0.5) is 0 Å². The maximum atomic E-state index is 11.7. The first-order chi connectivity index (χ1) is 8.77. The van der Waals surface area contributed by atoms with Crippen molar-refractivity contribution in [3.05, 3.63) is 47.5 Å². The van der Waals surface area contributed by atoms with Gasteiger partial charge in [0.05, 0.1) is 12.2 Å². The molecule has 0 unspecified atom stereocenters. The molecule has 0 aliphatic carbocycles. The molecule has 2 heterocycles. The van der Waals surface area contributed by atoms with Gasteiger partial charge in [-0.15, -0.1) is 0 Å². The number of carbonyl (C=O) groups excluding carboxylic acids is 1. The number of rotatable bonds is 5. The first kappa shape index (κ1) is 12.6. The molecule has 0 fully saturated rings. The van der Waals surface area contributed by atoms with Crippen LogP contribution in [0.2, 0.25) is 5.15 Å². The van der Waals surface area contributed by atoms with E-state index >= 15 is 0 Å². The lowest BCUT2D eigenvalue weighted by Gasteiger charge is -2.05. The van der Waals surface area contributed by atoms with E-state index in [0.717, 1.165) is 0 Å². The molecular weight excluding hydrogens is 254 g/mol. The Morgan fingerprint density at radius 1 is 1.39 bits per heavy atom. The molecule has 0 amide bonds. The van der Waals surface area contributed by atoms with Crippen LogP contribution >= 0.6 is 11.6 Å². The first-order valence-corrected chi connectivity index (χ1v) is 5.90. The van der Waals surface area contributed by atoms with Gasteiger partial charge in [0.2, 0.25) is 0 Å². The van der Waals surface area contributed by atoms with Gasteiger partial charge in [0, 0.05) is 31.6 Å². The second-order valence-corrected chi connectivity index (χ2v) is 3.96. The van der Waals surface area contributed by atoms with Gasteiger partial charge in [0.25, 0.3) is 0 Å². The molecule has 0 radical (unpaired) electrons. The molecule has 0 atom stereocenters. The molecule has 0 N–H and O–H groups in total. The molecule has 2 rings (SSSR count). The SMILES string of the molecule is O=C(OCCCn1cccn1)c1cccnc1Cl. The molecule has 0 aliphatic heterocycles. The molecule has 0 spiro atoms. The summed E-state index contributed by atoms with van der Waals surface area (Å²) in [7, 11) is 0. The summed E-state index contributed by atoms with van der Waals surface area (Å²) in [4.78, 5) is 15.5. The number of ether oxygens (including phenoxy) is 1. The number of aromatic nitrogens is 3. The van der Waals surface area contributed by atoms with E-state index in [1.165, 1.54) is 6.20 Å². The fourth-order valence-electron chi connectivity index (χ4n) is 1.44. The maximum Gasteiger partial charge on any atom is 0.341 e. The summed E-state index contributed by atoms with van der Waals surface area (Å²) in [6, 6.07) is 5.08. The zero-order valence-corrected chi connectivity index (χ0v) is 10.4. The topological polar surface area (TPSA) is 57.0 Å². The zero-order chi connectivity index (χ0) is 12.8. The molecule has 2 aromatic heterocycles. The van der Waals surface area contributed by atoms with Crippen molar-refractivity contribution in [1.29, 1.82) is 0 Å². The highest BCUT2D eigenvalue weighted by Crippen LogP contribution is 2.12. The summed E-state index contributed by atoms with van der Waals surface area (Å²) in [6.45, 7) is 1.03. The number of pyridine rings is 1. The minimum Gasteiger partial charge on any atom is -0.462 e. The van der Waals surface area contributed by atoms with Crippen molar-refractivity contribution in [1.82, 2.24) is 14.8 Å². The average Bonchev–Trinajstić information content (AvgIpc) is 2.88. The average molecular weight is 266 g/mol. The fourth-order valence-corrected chi connectivity index (χ4v) is 1.64. The van der Waals surface area contributed by atoms with Gasteiger partial charge in [-0.25, -0.2) is 9.78 Å². The molecule has 0 bridgehead atoms. The number of nitrogens with zero attached hydrogens (tertiary/aromatic N) is 3. The van der Waals surface area contributed by atoms with Crippen molar-refractivity contribution in [3.8, 4) is 0 Å². The molecule has 5 nitrogen and oxygen atoms in total. The van der Waals surface area contributed by atoms with E-state index < -0.39 is 5.97 Å². The summed E-state index contributed by atoms with van der Waals surface area (Å²) in [6.07, 6.45) is 5.79. The largest absolute Gasteiger partial charge is 0.462 e. The van der Waals surface area contributed by atoms with E-state index in [-0.39, 0.29) is 5.15 Å². The number of esters is 1. The second-order valence-electron chi connectivity index (χ2n) is 3.60. The van der Waals surface area contributed by atoms with Crippen molar-refractivity contribution in [2.24, 2.45) is 0 Å². The minimum atomic E-state index is -0.450. The van der Waals surface area contributed by atoms with Crippen LogP contribution in [0.5, 0.6) is 0 Å². The number of hydrogen-bond acceptors (Lipinski definition) is 4. The van der Waals surface area contributed by atoms with Crippen LogP contribution in [0.15, 0.2) is 36.8 Å². The van der Waals surface area contributed by atoms with Crippen molar-refractivity contribution in [2.45, 2.75) is 13.0 Å². The lowest BCUT2D eigenvalue weighted by atomic mass is 10.3. The Hall–Kier alpha value is -1.88. The quantitative estimate of drug-likeness (QED) is 0.472. The molecule has 2 aromatic rings. The van der Waals surface area contributed by atoms with Gasteiger partial charge in [0.1, 0.15) is 5.15 Å². The summed E-state index contributed by atoms with van der Waals surface area (Å²) in [5, 5.41) is 4.21. The molecule has 0 saturated carbocycles. The standard InChI is InChI=1S/C12H12ClN3O2/c13-11-10(4-1-5-14-11)12(17)18-9-3-8-16-7-2-6-15-16/h1-2,4-7H,3,8-9H2. The molecular formula is C12H12ClN3O2. The predicted octanol–water partition coefficient (Wildman–Crippen LogP) is 2.18. The monoisotopic (exact) mass is 265 g/mol. The summed E-state index contributed by atoms with van der Waals surface area (Å²) >= 11 is 5.79. The Balaban J connectivity index is 1.77. The molecule has 0 saturated heterocycles. The Morgan fingerprint density at radius 2 is 2.28 bits per heavy atom. The van der Waals surface area contributed by atoms with Crippen molar-refractivity contribution >= 4 is 17.6 Å². The Kier molecular flexibility index (Phi) is 4.30. The van der Waals surface area contributed by atoms with E-state index in [9.17, 15) is 4.79 Å². The highest BCUT2D eigenvalue weighted by molar-refractivity contribution is 6.32. The Morgan fingerprint density at radius 3 is 3.00 bits per heavy atom. The maximum absolute atomic E-state index is 11.7.